The van der Waals surface area contributed by atoms with Crippen LogP contribution in [0.2, 0.25) is 0 Å². The number of hydrogen-bond donors (Lipinski definition) is 2. The number of rotatable bonds is 5. The van der Waals surface area contributed by atoms with Gasteiger partial charge in [-0.1, -0.05) is 19.1 Å². The van der Waals surface area contributed by atoms with Gasteiger partial charge in [0.05, 0.1) is 5.52 Å². The first-order chi connectivity index (χ1) is 9.49. The number of anilines is 2. The van der Waals surface area contributed by atoms with Crippen LogP contribution in [0.1, 0.15) is 13.3 Å². The highest BCUT2D eigenvalue weighted by Crippen LogP contribution is 2.23. The van der Waals surface area contributed by atoms with Crippen molar-refractivity contribution < 1.29 is 13.2 Å². The van der Waals surface area contributed by atoms with Gasteiger partial charge in [-0.25, -0.2) is 4.98 Å². The molecule has 0 amide bonds. The molecule has 4 nitrogen and oxygen atoms in total. The number of alkyl halides is 3. The van der Waals surface area contributed by atoms with Crippen molar-refractivity contribution in [3.8, 4) is 0 Å². The van der Waals surface area contributed by atoms with E-state index in [1.54, 1.807) is 24.3 Å². The van der Waals surface area contributed by atoms with Gasteiger partial charge >= 0.3 is 6.18 Å². The van der Waals surface area contributed by atoms with E-state index >= 15 is 0 Å². The quantitative estimate of drug-likeness (QED) is 0.883. The van der Waals surface area contributed by atoms with E-state index in [-0.39, 0.29) is 5.82 Å². The standard InChI is InChI=1S/C13H15F3N4/c1-2-7-17-12-19-10-6-4-3-5-9(10)11(20-12)18-8-13(14,15)16/h3-6H,2,7-8H2,1H3,(H2,17,18,19,20). The average molecular weight is 284 g/mol. The first-order valence-corrected chi connectivity index (χ1v) is 6.31. The lowest BCUT2D eigenvalue weighted by atomic mass is 10.2. The van der Waals surface area contributed by atoms with Crippen LogP contribution in [0, 0.1) is 0 Å². The molecule has 0 radical (unpaired) electrons. The topological polar surface area (TPSA) is 49.8 Å². The van der Waals surface area contributed by atoms with E-state index in [9.17, 15) is 13.2 Å². The lowest BCUT2D eigenvalue weighted by Crippen LogP contribution is -2.22. The number of para-hydroxylation sites is 1. The molecule has 2 aromatic rings. The van der Waals surface area contributed by atoms with Crippen molar-refractivity contribution in [1.82, 2.24) is 9.97 Å². The Hall–Kier alpha value is -2.05. The summed E-state index contributed by atoms with van der Waals surface area (Å²) in [5, 5.41) is 5.88. The van der Waals surface area contributed by atoms with Gasteiger partial charge in [0.1, 0.15) is 12.4 Å². The number of hydrogen-bond acceptors (Lipinski definition) is 4. The second-order valence-corrected chi connectivity index (χ2v) is 4.31. The maximum Gasteiger partial charge on any atom is 0.405 e. The maximum absolute atomic E-state index is 12.3. The molecule has 0 aliphatic rings. The Bertz CT molecular complexity index is 583. The third kappa shape index (κ3) is 3.72. The number of nitrogens with zero attached hydrogens (tertiary/aromatic N) is 2. The van der Waals surface area contributed by atoms with Crippen molar-refractivity contribution in [2.75, 3.05) is 23.7 Å². The minimum atomic E-state index is -4.29. The summed E-state index contributed by atoms with van der Waals surface area (Å²) in [4.78, 5) is 8.38. The van der Waals surface area contributed by atoms with Gasteiger partial charge in [-0.15, -0.1) is 0 Å². The van der Waals surface area contributed by atoms with E-state index in [1.807, 2.05) is 6.92 Å². The minimum Gasteiger partial charge on any atom is -0.360 e. The van der Waals surface area contributed by atoms with Crippen molar-refractivity contribution in [3.05, 3.63) is 24.3 Å². The van der Waals surface area contributed by atoms with Gasteiger partial charge in [0, 0.05) is 11.9 Å². The first-order valence-electron chi connectivity index (χ1n) is 6.31. The highest BCUT2D eigenvalue weighted by molar-refractivity contribution is 5.90. The largest absolute Gasteiger partial charge is 0.405 e. The zero-order chi connectivity index (χ0) is 14.6. The third-order valence-corrected chi connectivity index (χ3v) is 2.59. The average Bonchev–Trinajstić information content (AvgIpc) is 2.41. The Morgan fingerprint density at radius 1 is 1.10 bits per heavy atom. The van der Waals surface area contributed by atoms with Crippen LogP contribution < -0.4 is 10.6 Å². The number of benzene rings is 1. The summed E-state index contributed by atoms with van der Waals surface area (Å²) in [6.45, 7) is 1.52. The van der Waals surface area contributed by atoms with Crippen molar-refractivity contribution in [2.45, 2.75) is 19.5 Å². The molecule has 0 bridgehead atoms. The molecule has 20 heavy (non-hydrogen) atoms. The molecule has 108 valence electrons. The molecule has 0 spiro atoms. The molecular weight excluding hydrogens is 269 g/mol. The highest BCUT2D eigenvalue weighted by atomic mass is 19.4. The zero-order valence-corrected chi connectivity index (χ0v) is 11.0. The fraction of sp³-hybridized carbons (Fsp3) is 0.385. The van der Waals surface area contributed by atoms with Crippen LogP contribution >= 0.6 is 0 Å². The van der Waals surface area contributed by atoms with E-state index < -0.39 is 12.7 Å². The van der Waals surface area contributed by atoms with E-state index in [4.69, 9.17) is 0 Å². The monoisotopic (exact) mass is 284 g/mol. The number of fused-ring (bicyclic) bond motifs is 1. The van der Waals surface area contributed by atoms with E-state index in [0.717, 1.165) is 6.42 Å². The van der Waals surface area contributed by atoms with E-state index in [1.165, 1.54) is 0 Å². The lowest BCUT2D eigenvalue weighted by Gasteiger charge is -2.12. The van der Waals surface area contributed by atoms with Crippen LogP contribution in [0.3, 0.4) is 0 Å². The summed E-state index contributed by atoms with van der Waals surface area (Å²) < 4.78 is 37.0. The van der Waals surface area contributed by atoms with Crippen molar-refractivity contribution in [1.29, 1.82) is 0 Å². The maximum atomic E-state index is 12.3. The Morgan fingerprint density at radius 2 is 1.85 bits per heavy atom. The molecule has 2 N–H and O–H groups in total. The minimum absolute atomic E-state index is 0.187. The second-order valence-electron chi connectivity index (χ2n) is 4.31. The summed E-state index contributed by atoms with van der Waals surface area (Å²) in [6, 6.07) is 6.96. The molecule has 0 aliphatic heterocycles. The molecular formula is C13H15F3N4. The zero-order valence-electron chi connectivity index (χ0n) is 11.0. The molecule has 2 rings (SSSR count). The Balaban J connectivity index is 2.33. The Labute approximate surface area is 114 Å². The highest BCUT2D eigenvalue weighted by Gasteiger charge is 2.27. The molecule has 0 fully saturated rings. The summed E-state index contributed by atoms with van der Waals surface area (Å²) in [6.07, 6.45) is -3.41. The summed E-state index contributed by atoms with van der Waals surface area (Å²) in [5.41, 5.74) is 0.603. The molecule has 1 heterocycles. The fourth-order valence-electron chi connectivity index (χ4n) is 1.71. The smallest absolute Gasteiger partial charge is 0.360 e. The first kappa shape index (κ1) is 14.4. The molecule has 0 aliphatic carbocycles. The van der Waals surface area contributed by atoms with Crippen LogP contribution in [0.4, 0.5) is 24.9 Å². The van der Waals surface area contributed by atoms with Crippen molar-refractivity contribution in [2.24, 2.45) is 0 Å². The van der Waals surface area contributed by atoms with Crippen LogP contribution in [0.15, 0.2) is 24.3 Å². The SMILES string of the molecule is CCCNc1nc(NCC(F)(F)F)c2ccccc2n1. The molecule has 0 atom stereocenters. The van der Waals surface area contributed by atoms with Crippen LogP contribution in [0.25, 0.3) is 10.9 Å². The molecule has 7 heteroatoms. The summed E-state index contributed by atoms with van der Waals surface area (Å²) >= 11 is 0. The molecule has 1 aromatic carbocycles. The number of aromatic nitrogens is 2. The summed E-state index contributed by atoms with van der Waals surface area (Å²) in [5.74, 6) is 0.516. The van der Waals surface area contributed by atoms with Crippen molar-refractivity contribution >= 4 is 22.7 Å². The molecule has 0 unspecified atom stereocenters. The second kappa shape index (κ2) is 5.94. The van der Waals surface area contributed by atoms with Crippen LogP contribution in [-0.4, -0.2) is 29.2 Å². The van der Waals surface area contributed by atoms with Gasteiger partial charge in [-0.2, -0.15) is 18.2 Å². The van der Waals surface area contributed by atoms with E-state index in [0.29, 0.717) is 23.4 Å². The van der Waals surface area contributed by atoms with Gasteiger partial charge in [0.15, 0.2) is 0 Å². The summed E-state index contributed by atoms with van der Waals surface area (Å²) in [7, 11) is 0. The normalized spacial score (nSPS) is 11.6. The number of nitrogens with one attached hydrogen (secondary N) is 2. The lowest BCUT2D eigenvalue weighted by molar-refractivity contribution is -0.115. The van der Waals surface area contributed by atoms with Gasteiger partial charge < -0.3 is 10.6 Å². The third-order valence-electron chi connectivity index (χ3n) is 2.59. The van der Waals surface area contributed by atoms with Crippen molar-refractivity contribution in [3.63, 3.8) is 0 Å². The van der Waals surface area contributed by atoms with Crippen LogP contribution in [-0.2, 0) is 0 Å². The fourth-order valence-corrected chi connectivity index (χ4v) is 1.71. The van der Waals surface area contributed by atoms with Gasteiger partial charge in [-0.3, -0.25) is 0 Å². The van der Waals surface area contributed by atoms with Gasteiger partial charge in [0.2, 0.25) is 5.95 Å². The predicted octanol–water partition coefficient (Wildman–Crippen LogP) is 3.43. The van der Waals surface area contributed by atoms with Crippen LogP contribution in [0.5, 0.6) is 0 Å². The molecule has 0 saturated carbocycles. The van der Waals surface area contributed by atoms with Gasteiger partial charge in [0.25, 0.3) is 0 Å². The molecule has 0 saturated heterocycles. The van der Waals surface area contributed by atoms with Gasteiger partial charge in [-0.05, 0) is 18.6 Å². The van der Waals surface area contributed by atoms with E-state index in [2.05, 4.69) is 20.6 Å². The molecule has 1 aromatic heterocycles. The Morgan fingerprint density at radius 3 is 2.55 bits per heavy atom. The Kier molecular flexibility index (Phi) is 4.26. The number of halogens is 3. The predicted molar refractivity (Wildman–Crippen MR) is 72.9 cm³/mol.